The number of hydrogen-bond acceptors (Lipinski definition) is 3. The molecule has 0 aliphatic rings. The number of methoxy groups -OCH3 is 2. The smallest absolute Gasteiger partial charge is 0.141 e. The van der Waals surface area contributed by atoms with Crippen LogP contribution in [-0.4, -0.2) is 20.5 Å². The first-order valence-corrected chi connectivity index (χ1v) is 7.19. The molecule has 106 valence electrons. The van der Waals surface area contributed by atoms with Crippen LogP contribution in [0.5, 0.6) is 11.5 Å². The van der Waals surface area contributed by atoms with E-state index in [0.717, 1.165) is 38.6 Å². The van der Waals surface area contributed by atoms with Crippen molar-refractivity contribution in [2.75, 3.05) is 14.2 Å². The summed E-state index contributed by atoms with van der Waals surface area (Å²) in [6.45, 7) is 1.89. The van der Waals surface area contributed by atoms with E-state index in [-0.39, 0.29) is 5.92 Å². The molecule has 2 aromatic carbocycles. The molecule has 1 unspecified atom stereocenters. The molecule has 0 aromatic heterocycles. The number of hydrogen-bond donors (Lipinski definition) is 0. The Hall–Kier alpha value is -1.55. The van der Waals surface area contributed by atoms with Crippen molar-refractivity contribution in [1.29, 1.82) is 0 Å². The Morgan fingerprint density at radius 1 is 1.15 bits per heavy atom. The van der Waals surface area contributed by atoms with Gasteiger partial charge in [-0.15, -0.1) is 0 Å². The molecule has 0 aliphatic heterocycles. The Morgan fingerprint density at radius 3 is 2.20 bits per heavy atom. The Kier molecular flexibility index (Phi) is 4.65. The van der Waals surface area contributed by atoms with Crippen molar-refractivity contribution in [3.63, 3.8) is 0 Å². The first-order chi connectivity index (χ1) is 9.63. The number of aldehydes is 1. The fourth-order valence-corrected chi connectivity index (χ4v) is 3.10. The van der Waals surface area contributed by atoms with E-state index in [1.165, 1.54) is 0 Å². The molecule has 1 atom stereocenters. The van der Waals surface area contributed by atoms with Crippen LogP contribution in [0.15, 0.2) is 28.7 Å². The molecule has 0 radical (unpaired) electrons. The van der Waals surface area contributed by atoms with Crippen LogP contribution in [0.2, 0.25) is 0 Å². The van der Waals surface area contributed by atoms with Gasteiger partial charge >= 0.3 is 0 Å². The van der Waals surface area contributed by atoms with Crippen LogP contribution in [0.1, 0.15) is 12.5 Å². The number of fused-ring (bicyclic) bond motifs is 1. The maximum atomic E-state index is 11.0. The second-order valence-corrected chi connectivity index (χ2v) is 5.52. The van der Waals surface area contributed by atoms with Crippen LogP contribution in [-0.2, 0) is 11.2 Å². The van der Waals surface area contributed by atoms with Crippen molar-refractivity contribution in [3.8, 4) is 11.5 Å². The summed E-state index contributed by atoms with van der Waals surface area (Å²) in [7, 11) is 3.29. The van der Waals surface area contributed by atoms with Gasteiger partial charge in [-0.05, 0) is 22.4 Å². The van der Waals surface area contributed by atoms with Crippen molar-refractivity contribution in [1.82, 2.24) is 0 Å². The highest BCUT2D eigenvalue weighted by atomic mass is 79.9. The minimum atomic E-state index is -0.0777. The summed E-state index contributed by atoms with van der Waals surface area (Å²) in [5.74, 6) is 1.49. The average molecular weight is 337 g/mol. The number of carbonyl (C=O) groups excluding carboxylic acids is 1. The van der Waals surface area contributed by atoms with E-state index in [4.69, 9.17) is 9.47 Å². The van der Waals surface area contributed by atoms with Crippen molar-refractivity contribution in [2.24, 2.45) is 5.92 Å². The maximum absolute atomic E-state index is 11.0. The summed E-state index contributed by atoms with van der Waals surface area (Å²) in [6, 6.07) is 7.92. The molecule has 20 heavy (non-hydrogen) atoms. The predicted octanol–water partition coefficient (Wildman–Crippen LogP) is 4.00. The normalized spacial score (nSPS) is 12.2. The molecule has 0 saturated carbocycles. The molecule has 0 aliphatic carbocycles. The Balaban J connectivity index is 2.78. The minimum absolute atomic E-state index is 0.0777. The number of benzene rings is 2. The summed E-state index contributed by atoms with van der Waals surface area (Å²) in [6.07, 6.45) is 1.56. The molecular weight excluding hydrogens is 320 g/mol. The molecule has 3 nitrogen and oxygen atoms in total. The summed E-state index contributed by atoms with van der Waals surface area (Å²) in [5.41, 5.74) is 0.961. The molecule has 2 aromatic rings. The number of halogens is 1. The van der Waals surface area contributed by atoms with E-state index < -0.39 is 0 Å². The van der Waals surface area contributed by atoms with Crippen LogP contribution in [0.25, 0.3) is 10.8 Å². The van der Waals surface area contributed by atoms with Crippen LogP contribution in [0.4, 0.5) is 0 Å². The lowest BCUT2D eigenvalue weighted by molar-refractivity contribution is -0.110. The molecule has 0 N–H and O–H groups in total. The molecular formula is C16H17BrO3. The van der Waals surface area contributed by atoms with Crippen molar-refractivity contribution in [3.05, 3.63) is 34.3 Å². The molecule has 0 spiro atoms. The molecule has 0 fully saturated rings. The first kappa shape index (κ1) is 14.9. The summed E-state index contributed by atoms with van der Waals surface area (Å²) in [5, 5.41) is 1.98. The Labute approximate surface area is 127 Å². The van der Waals surface area contributed by atoms with Crippen molar-refractivity contribution in [2.45, 2.75) is 13.3 Å². The lowest BCUT2D eigenvalue weighted by Crippen LogP contribution is -2.05. The number of ether oxygens (including phenoxy) is 2. The zero-order chi connectivity index (χ0) is 14.7. The molecule has 0 bridgehead atoms. The van der Waals surface area contributed by atoms with Gasteiger partial charge in [-0.25, -0.2) is 0 Å². The summed E-state index contributed by atoms with van der Waals surface area (Å²) in [4.78, 5) is 11.0. The third-order valence-electron chi connectivity index (χ3n) is 3.32. The molecule has 0 amide bonds. The van der Waals surface area contributed by atoms with Gasteiger partial charge in [0.1, 0.15) is 17.8 Å². The highest BCUT2D eigenvalue weighted by molar-refractivity contribution is 9.10. The van der Waals surface area contributed by atoms with E-state index in [9.17, 15) is 4.79 Å². The third-order valence-corrected chi connectivity index (χ3v) is 4.16. The van der Waals surface area contributed by atoms with Gasteiger partial charge in [-0.2, -0.15) is 0 Å². The number of rotatable bonds is 5. The van der Waals surface area contributed by atoms with Gasteiger partial charge in [0.25, 0.3) is 0 Å². The van der Waals surface area contributed by atoms with Gasteiger partial charge in [0.05, 0.1) is 18.7 Å². The topological polar surface area (TPSA) is 35.5 Å². The number of carbonyl (C=O) groups is 1. The summed E-state index contributed by atoms with van der Waals surface area (Å²) >= 11 is 3.59. The van der Waals surface area contributed by atoms with E-state index in [2.05, 4.69) is 15.9 Å². The van der Waals surface area contributed by atoms with Crippen LogP contribution < -0.4 is 9.47 Å². The van der Waals surface area contributed by atoms with E-state index in [1.54, 1.807) is 14.2 Å². The lowest BCUT2D eigenvalue weighted by atomic mass is 9.97. The quantitative estimate of drug-likeness (QED) is 0.774. The van der Waals surface area contributed by atoms with Gasteiger partial charge in [0, 0.05) is 22.3 Å². The maximum Gasteiger partial charge on any atom is 0.141 e. The van der Waals surface area contributed by atoms with Crippen LogP contribution in [0.3, 0.4) is 0 Å². The van der Waals surface area contributed by atoms with Crippen LogP contribution in [0, 0.1) is 5.92 Å². The monoisotopic (exact) mass is 336 g/mol. The lowest BCUT2D eigenvalue weighted by Gasteiger charge is -2.18. The fourth-order valence-electron chi connectivity index (χ4n) is 2.38. The van der Waals surface area contributed by atoms with Gasteiger partial charge in [-0.1, -0.05) is 31.2 Å². The van der Waals surface area contributed by atoms with Crippen molar-refractivity contribution >= 4 is 33.0 Å². The standard InChI is InChI=1S/C16H17BrO3/c1-10(9-18)8-13-14(17)16(20-3)12-7-5-4-6-11(12)15(13)19-2/h4-7,9-10H,8H2,1-3H3. The Bertz CT molecular complexity index is 637. The van der Waals surface area contributed by atoms with E-state index in [1.807, 2.05) is 31.2 Å². The van der Waals surface area contributed by atoms with Crippen molar-refractivity contribution < 1.29 is 14.3 Å². The van der Waals surface area contributed by atoms with Crippen LogP contribution >= 0.6 is 15.9 Å². The zero-order valence-corrected chi connectivity index (χ0v) is 13.4. The summed E-state index contributed by atoms with van der Waals surface area (Å²) < 4.78 is 12.0. The largest absolute Gasteiger partial charge is 0.496 e. The predicted molar refractivity (Wildman–Crippen MR) is 83.7 cm³/mol. The average Bonchev–Trinajstić information content (AvgIpc) is 2.48. The zero-order valence-electron chi connectivity index (χ0n) is 11.8. The SMILES string of the molecule is COc1c(Br)c(CC(C)C=O)c(OC)c2ccccc12. The first-order valence-electron chi connectivity index (χ1n) is 6.40. The Morgan fingerprint density at radius 2 is 1.70 bits per heavy atom. The van der Waals surface area contributed by atoms with E-state index >= 15 is 0 Å². The second kappa shape index (κ2) is 6.27. The molecule has 4 heteroatoms. The third kappa shape index (κ3) is 2.52. The van der Waals surface area contributed by atoms with Gasteiger partial charge in [-0.3, -0.25) is 0 Å². The fraction of sp³-hybridized carbons (Fsp3) is 0.312. The highest BCUT2D eigenvalue weighted by Crippen LogP contribution is 2.44. The van der Waals surface area contributed by atoms with Gasteiger partial charge in [0.15, 0.2) is 0 Å². The minimum Gasteiger partial charge on any atom is -0.496 e. The van der Waals surface area contributed by atoms with E-state index in [0.29, 0.717) is 6.42 Å². The molecule has 0 saturated heterocycles. The highest BCUT2D eigenvalue weighted by Gasteiger charge is 2.20. The van der Waals surface area contributed by atoms with Gasteiger partial charge < -0.3 is 14.3 Å². The molecule has 2 rings (SSSR count). The van der Waals surface area contributed by atoms with Gasteiger partial charge in [0.2, 0.25) is 0 Å². The molecule has 0 heterocycles. The second-order valence-electron chi connectivity index (χ2n) is 4.72.